The first-order chi connectivity index (χ1) is 9.15. The second-order valence-corrected chi connectivity index (χ2v) is 5.21. The SMILES string of the molecule is CCOc1ccc(OC(=O)CSCC(C)CO)cc1. The number of aliphatic hydroxyl groups is 1. The second kappa shape index (κ2) is 8.82. The summed E-state index contributed by atoms with van der Waals surface area (Å²) in [6.45, 7) is 4.60. The van der Waals surface area contributed by atoms with Crippen LogP contribution in [0.5, 0.6) is 11.5 Å². The molecule has 0 amide bonds. The van der Waals surface area contributed by atoms with Gasteiger partial charge in [0.1, 0.15) is 11.5 Å². The van der Waals surface area contributed by atoms with Gasteiger partial charge in [-0.2, -0.15) is 0 Å². The van der Waals surface area contributed by atoms with E-state index in [4.69, 9.17) is 14.6 Å². The largest absolute Gasteiger partial charge is 0.494 e. The third-order valence-corrected chi connectivity index (χ3v) is 3.54. The normalized spacial score (nSPS) is 11.9. The Labute approximate surface area is 118 Å². The molecule has 19 heavy (non-hydrogen) atoms. The van der Waals surface area contributed by atoms with Crippen LogP contribution in [0.1, 0.15) is 13.8 Å². The summed E-state index contributed by atoms with van der Waals surface area (Å²) >= 11 is 1.47. The third kappa shape index (κ3) is 6.50. The van der Waals surface area contributed by atoms with Crippen LogP contribution in [0.2, 0.25) is 0 Å². The number of hydrogen-bond donors (Lipinski definition) is 1. The van der Waals surface area contributed by atoms with Crippen molar-refractivity contribution in [3.63, 3.8) is 0 Å². The van der Waals surface area contributed by atoms with Crippen LogP contribution in [-0.4, -0.2) is 35.8 Å². The number of carbonyl (C=O) groups excluding carboxylic acids is 1. The minimum Gasteiger partial charge on any atom is -0.494 e. The minimum absolute atomic E-state index is 0.140. The number of benzene rings is 1. The molecule has 1 N–H and O–H groups in total. The molecule has 4 nitrogen and oxygen atoms in total. The molecule has 0 aliphatic heterocycles. The van der Waals surface area contributed by atoms with E-state index >= 15 is 0 Å². The molecule has 1 aromatic rings. The van der Waals surface area contributed by atoms with E-state index in [9.17, 15) is 4.79 Å². The number of esters is 1. The summed E-state index contributed by atoms with van der Waals surface area (Å²) in [6.07, 6.45) is 0. The van der Waals surface area contributed by atoms with Gasteiger partial charge in [0.25, 0.3) is 0 Å². The molecular weight excluding hydrogens is 264 g/mol. The van der Waals surface area contributed by atoms with Crippen molar-refractivity contribution in [3.05, 3.63) is 24.3 Å². The van der Waals surface area contributed by atoms with Crippen LogP contribution < -0.4 is 9.47 Å². The first-order valence-corrected chi connectivity index (χ1v) is 7.43. The predicted molar refractivity (Wildman–Crippen MR) is 76.8 cm³/mol. The van der Waals surface area contributed by atoms with Crippen molar-refractivity contribution in [1.29, 1.82) is 0 Å². The van der Waals surface area contributed by atoms with Gasteiger partial charge in [-0.05, 0) is 42.9 Å². The van der Waals surface area contributed by atoms with E-state index in [1.165, 1.54) is 11.8 Å². The molecule has 0 radical (unpaired) electrons. The maximum Gasteiger partial charge on any atom is 0.321 e. The van der Waals surface area contributed by atoms with Crippen LogP contribution in [-0.2, 0) is 4.79 Å². The molecule has 1 rings (SSSR count). The first kappa shape index (κ1) is 15.9. The van der Waals surface area contributed by atoms with Crippen molar-refractivity contribution >= 4 is 17.7 Å². The lowest BCUT2D eigenvalue weighted by Crippen LogP contribution is -2.13. The molecule has 0 saturated carbocycles. The van der Waals surface area contributed by atoms with E-state index in [2.05, 4.69) is 0 Å². The van der Waals surface area contributed by atoms with Gasteiger partial charge in [0, 0.05) is 6.61 Å². The predicted octanol–water partition coefficient (Wildman–Crippen LogP) is 2.35. The van der Waals surface area contributed by atoms with E-state index in [-0.39, 0.29) is 24.2 Å². The van der Waals surface area contributed by atoms with Gasteiger partial charge < -0.3 is 14.6 Å². The Morgan fingerprint density at radius 2 is 1.95 bits per heavy atom. The number of thioether (sulfide) groups is 1. The topological polar surface area (TPSA) is 55.8 Å². The van der Waals surface area contributed by atoms with Crippen molar-refractivity contribution in [2.75, 3.05) is 24.7 Å². The lowest BCUT2D eigenvalue weighted by Gasteiger charge is -2.08. The molecule has 0 aliphatic rings. The van der Waals surface area contributed by atoms with Crippen LogP contribution in [0.3, 0.4) is 0 Å². The highest BCUT2D eigenvalue weighted by molar-refractivity contribution is 7.99. The Balaban J connectivity index is 2.31. The number of hydrogen-bond acceptors (Lipinski definition) is 5. The summed E-state index contributed by atoms with van der Waals surface area (Å²) in [5.74, 6) is 2.23. The first-order valence-electron chi connectivity index (χ1n) is 6.27. The molecule has 1 aromatic carbocycles. The van der Waals surface area contributed by atoms with Gasteiger partial charge in [0.15, 0.2) is 0 Å². The summed E-state index contributed by atoms with van der Waals surface area (Å²) in [5.41, 5.74) is 0. The Bertz CT molecular complexity index is 378. The zero-order valence-electron chi connectivity index (χ0n) is 11.3. The van der Waals surface area contributed by atoms with E-state index in [1.54, 1.807) is 24.3 Å². The quantitative estimate of drug-likeness (QED) is 0.586. The fourth-order valence-corrected chi connectivity index (χ4v) is 2.18. The van der Waals surface area contributed by atoms with E-state index in [1.807, 2.05) is 13.8 Å². The fourth-order valence-electron chi connectivity index (χ4n) is 1.33. The molecule has 0 bridgehead atoms. The summed E-state index contributed by atoms with van der Waals surface area (Å²) in [4.78, 5) is 11.6. The molecule has 106 valence electrons. The van der Waals surface area contributed by atoms with Gasteiger partial charge in [-0.25, -0.2) is 0 Å². The highest BCUT2D eigenvalue weighted by Crippen LogP contribution is 2.18. The van der Waals surface area contributed by atoms with Crippen molar-refractivity contribution in [1.82, 2.24) is 0 Å². The highest BCUT2D eigenvalue weighted by atomic mass is 32.2. The highest BCUT2D eigenvalue weighted by Gasteiger charge is 2.07. The number of ether oxygens (including phenoxy) is 2. The van der Waals surface area contributed by atoms with Crippen LogP contribution in [0, 0.1) is 5.92 Å². The molecule has 0 aliphatic carbocycles. The molecular formula is C14H20O4S. The van der Waals surface area contributed by atoms with Crippen molar-refractivity contribution in [2.24, 2.45) is 5.92 Å². The standard InChI is InChI=1S/C14H20O4S/c1-3-17-12-4-6-13(7-5-12)18-14(16)10-19-9-11(2)8-15/h4-7,11,15H,3,8-10H2,1-2H3. The zero-order chi connectivity index (χ0) is 14.1. The lowest BCUT2D eigenvalue weighted by molar-refractivity contribution is -0.131. The average molecular weight is 284 g/mol. The Hall–Kier alpha value is -1.20. The van der Waals surface area contributed by atoms with Gasteiger partial charge in [0.05, 0.1) is 12.4 Å². The van der Waals surface area contributed by atoms with E-state index in [0.29, 0.717) is 12.4 Å². The maximum atomic E-state index is 11.6. The van der Waals surface area contributed by atoms with Crippen molar-refractivity contribution < 1.29 is 19.4 Å². The third-order valence-electron chi connectivity index (χ3n) is 2.30. The fraction of sp³-hybridized carbons (Fsp3) is 0.500. The monoisotopic (exact) mass is 284 g/mol. The van der Waals surface area contributed by atoms with E-state index < -0.39 is 0 Å². The molecule has 0 saturated heterocycles. The van der Waals surface area contributed by atoms with Gasteiger partial charge in [-0.1, -0.05) is 6.92 Å². The van der Waals surface area contributed by atoms with Crippen LogP contribution in [0.15, 0.2) is 24.3 Å². The van der Waals surface area contributed by atoms with Crippen LogP contribution in [0.25, 0.3) is 0 Å². The van der Waals surface area contributed by atoms with Gasteiger partial charge in [-0.15, -0.1) is 11.8 Å². The van der Waals surface area contributed by atoms with Crippen LogP contribution in [0.4, 0.5) is 0 Å². The Kier molecular flexibility index (Phi) is 7.36. The summed E-state index contributed by atoms with van der Waals surface area (Å²) < 4.78 is 10.5. The number of aliphatic hydroxyl groups excluding tert-OH is 1. The average Bonchev–Trinajstić information content (AvgIpc) is 2.41. The van der Waals surface area contributed by atoms with E-state index in [0.717, 1.165) is 11.5 Å². The summed E-state index contributed by atoms with van der Waals surface area (Å²) in [5, 5.41) is 8.86. The minimum atomic E-state index is -0.278. The molecule has 0 aromatic heterocycles. The lowest BCUT2D eigenvalue weighted by atomic mass is 10.2. The van der Waals surface area contributed by atoms with Crippen LogP contribution >= 0.6 is 11.8 Å². The molecule has 0 heterocycles. The Morgan fingerprint density at radius 3 is 2.53 bits per heavy atom. The molecule has 5 heteroatoms. The summed E-state index contributed by atoms with van der Waals surface area (Å²) in [6, 6.07) is 6.97. The smallest absolute Gasteiger partial charge is 0.321 e. The maximum absolute atomic E-state index is 11.6. The molecule has 1 atom stereocenters. The Morgan fingerprint density at radius 1 is 1.32 bits per heavy atom. The number of rotatable bonds is 8. The number of carbonyl (C=O) groups is 1. The zero-order valence-corrected chi connectivity index (χ0v) is 12.1. The van der Waals surface area contributed by atoms with Gasteiger partial charge in [-0.3, -0.25) is 4.79 Å². The summed E-state index contributed by atoms with van der Waals surface area (Å²) in [7, 11) is 0. The molecule has 0 spiro atoms. The molecule has 0 fully saturated rings. The van der Waals surface area contributed by atoms with Crippen molar-refractivity contribution in [2.45, 2.75) is 13.8 Å². The van der Waals surface area contributed by atoms with Gasteiger partial charge in [0.2, 0.25) is 0 Å². The second-order valence-electron chi connectivity index (χ2n) is 4.18. The molecule has 1 unspecified atom stereocenters. The van der Waals surface area contributed by atoms with Crippen molar-refractivity contribution in [3.8, 4) is 11.5 Å². The van der Waals surface area contributed by atoms with Gasteiger partial charge >= 0.3 is 5.97 Å².